The summed E-state index contributed by atoms with van der Waals surface area (Å²) in [6, 6.07) is 5.58. The maximum absolute atomic E-state index is 12.0. The van der Waals surface area contributed by atoms with Crippen LogP contribution in [-0.2, 0) is 22.6 Å². The normalized spacial score (nSPS) is 15.9. The number of carbonyl (C=O) groups is 1. The lowest BCUT2D eigenvalue weighted by molar-refractivity contribution is -0.143. The number of ether oxygens (including phenoxy) is 1. The average Bonchev–Trinajstić information content (AvgIpc) is 3.18. The standard InChI is InChI=1S/C17H14Cl2N6O2/c18-10-1-2-12-11(5-10)17-21-14(7-23-3-4-27-8-15(23)26)22-25(17)6-13-16(19)20-9-24(12)13/h1-2,5,9H,3-4,6-8H2. The highest BCUT2D eigenvalue weighted by Crippen LogP contribution is 2.34. The van der Waals surface area contributed by atoms with Crippen molar-refractivity contribution < 1.29 is 9.53 Å². The maximum atomic E-state index is 12.0. The van der Waals surface area contributed by atoms with Crippen LogP contribution < -0.4 is 0 Å². The number of amides is 1. The van der Waals surface area contributed by atoms with Gasteiger partial charge in [0.25, 0.3) is 0 Å². The predicted molar refractivity (Wildman–Crippen MR) is 97.9 cm³/mol. The van der Waals surface area contributed by atoms with Gasteiger partial charge in [0, 0.05) is 17.1 Å². The molecule has 0 radical (unpaired) electrons. The molecule has 10 heteroatoms. The van der Waals surface area contributed by atoms with Crippen LogP contribution in [0.3, 0.4) is 0 Å². The third-order valence-corrected chi connectivity index (χ3v) is 5.26. The molecule has 0 N–H and O–H groups in total. The average molecular weight is 405 g/mol. The molecule has 1 saturated heterocycles. The Kier molecular flexibility index (Phi) is 3.92. The van der Waals surface area contributed by atoms with E-state index in [1.54, 1.807) is 15.9 Å². The van der Waals surface area contributed by atoms with Crippen molar-refractivity contribution in [2.75, 3.05) is 19.8 Å². The zero-order valence-corrected chi connectivity index (χ0v) is 15.6. The van der Waals surface area contributed by atoms with Crippen LogP contribution in [-0.4, -0.2) is 54.9 Å². The molecule has 0 spiro atoms. The second-order valence-corrected chi connectivity index (χ2v) is 7.19. The highest BCUT2D eigenvalue weighted by atomic mass is 35.5. The van der Waals surface area contributed by atoms with Gasteiger partial charge in [-0.25, -0.2) is 14.6 Å². The smallest absolute Gasteiger partial charge is 0.249 e. The Morgan fingerprint density at radius 1 is 1.26 bits per heavy atom. The van der Waals surface area contributed by atoms with E-state index >= 15 is 0 Å². The first-order chi connectivity index (χ1) is 13.1. The van der Waals surface area contributed by atoms with Gasteiger partial charge in [0.15, 0.2) is 16.8 Å². The summed E-state index contributed by atoms with van der Waals surface area (Å²) in [6.07, 6.45) is 1.68. The number of hydrogen-bond donors (Lipinski definition) is 0. The molecule has 2 aliphatic heterocycles. The molecule has 1 fully saturated rings. The van der Waals surface area contributed by atoms with Crippen LogP contribution >= 0.6 is 23.2 Å². The Labute approximate surface area is 164 Å². The van der Waals surface area contributed by atoms with Crippen LogP contribution in [0, 0.1) is 0 Å². The Balaban J connectivity index is 1.60. The van der Waals surface area contributed by atoms with E-state index in [-0.39, 0.29) is 12.5 Å². The van der Waals surface area contributed by atoms with Gasteiger partial charge in [-0.2, -0.15) is 5.10 Å². The summed E-state index contributed by atoms with van der Waals surface area (Å²) in [4.78, 5) is 22.6. The minimum atomic E-state index is -0.0594. The number of fused-ring (bicyclic) bond motifs is 5. The van der Waals surface area contributed by atoms with E-state index < -0.39 is 0 Å². The molecular weight excluding hydrogens is 391 g/mol. The zero-order valence-electron chi connectivity index (χ0n) is 14.1. The van der Waals surface area contributed by atoms with E-state index in [0.717, 1.165) is 16.9 Å². The van der Waals surface area contributed by atoms with E-state index in [9.17, 15) is 4.79 Å². The van der Waals surface area contributed by atoms with Gasteiger partial charge >= 0.3 is 0 Å². The van der Waals surface area contributed by atoms with Gasteiger partial charge in [0.1, 0.15) is 12.9 Å². The van der Waals surface area contributed by atoms with Crippen molar-refractivity contribution in [1.82, 2.24) is 29.2 Å². The zero-order chi connectivity index (χ0) is 18.5. The number of nitrogens with zero attached hydrogens (tertiary/aromatic N) is 6. The lowest BCUT2D eigenvalue weighted by Gasteiger charge is -2.25. The SMILES string of the molecule is O=C1COCCN1Cc1nc2n(n1)Cc1c(Cl)ncn1-c1ccc(Cl)cc1-2. The summed E-state index contributed by atoms with van der Waals surface area (Å²) in [5, 5.41) is 5.64. The van der Waals surface area contributed by atoms with Gasteiger partial charge in [-0.3, -0.25) is 9.36 Å². The van der Waals surface area contributed by atoms with Crippen molar-refractivity contribution >= 4 is 29.1 Å². The molecule has 0 atom stereocenters. The predicted octanol–water partition coefficient (Wildman–Crippen LogP) is 2.16. The second kappa shape index (κ2) is 6.33. The topological polar surface area (TPSA) is 78.1 Å². The molecule has 27 heavy (non-hydrogen) atoms. The molecule has 0 unspecified atom stereocenters. The van der Waals surface area contributed by atoms with Crippen LogP contribution in [0.4, 0.5) is 0 Å². The molecule has 8 nitrogen and oxygen atoms in total. The highest BCUT2D eigenvalue weighted by molar-refractivity contribution is 6.31. The molecule has 1 aromatic carbocycles. The van der Waals surface area contributed by atoms with Gasteiger partial charge in [0.05, 0.1) is 31.1 Å². The van der Waals surface area contributed by atoms with Crippen molar-refractivity contribution in [2.45, 2.75) is 13.1 Å². The molecule has 5 rings (SSSR count). The Bertz CT molecular complexity index is 1060. The quantitative estimate of drug-likeness (QED) is 0.511. The largest absolute Gasteiger partial charge is 0.370 e. The molecule has 4 heterocycles. The van der Waals surface area contributed by atoms with Crippen LogP contribution in [0.2, 0.25) is 10.2 Å². The molecule has 0 bridgehead atoms. The van der Waals surface area contributed by atoms with Gasteiger partial charge in [-0.15, -0.1) is 0 Å². The number of benzene rings is 1. The molecule has 138 valence electrons. The van der Waals surface area contributed by atoms with Gasteiger partial charge < -0.3 is 9.64 Å². The molecule has 0 saturated carbocycles. The van der Waals surface area contributed by atoms with Crippen molar-refractivity contribution in [3.05, 3.63) is 46.2 Å². The van der Waals surface area contributed by atoms with Crippen molar-refractivity contribution in [3.63, 3.8) is 0 Å². The molecule has 2 aliphatic rings. The minimum Gasteiger partial charge on any atom is -0.370 e. The first kappa shape index (κ1) is 16.7. The van der Waals surface area contributed by atoms with E-state index in [4.69, 9.17) is 32.9 Å². The van der Waals surface area contributed by atoms with Crippen molar-refractivity contribution in [1.29, 1.82) is 0 Å². The Morgan fingerprint density at radius 2 is 2.15 bits per heavy atom. The number of rotatable bonds is 2. The molecule has 0 aliphatic carbocycles. The maximum Gasteiger partial charge on any atom is 0.249 e. The number of morpholine rings is 1. The first-order valence-electron chi connectivity index (χ1n) is 8.41. The van der Waals surface area contributed by atoms with Crippen LogP contribution in [0.25, 0.3) is 17.1 Å². The van der Waals surface area contributed by atoms with Gasteiger partial charge in [-0.05, 0) is 18.2 Å². The lowest BCUT2D eigenvalue weighted by atomic mass is 10.1. The fourth-order valence-electron chi connectivity index (χ4n) is 3.39. The summed E-state index contributed by atoms with van der Waals surface area (Å²) in [6.45, 7) is 1.91. The third kappa shape index (κ3) is 2.80. The van der Waals surface area contributed by atoms with Crippen LogP contribution in [0.1, 0.15) is 11.5 Å². The van der Waals surface area contributed by atoms with Crippen molar-refractivity contribution in [3.8, 4) is 17.1 Å². The van der Waals surface area contributed by atoms with Crippen LogP contribution in [0.15, 0.2) is 24.5 Å². The molecule has 1 amide bonds. The molecule has 3 aromatic rings. The number of hydrogen-bond acceptors (Lipinski definition) is 5. The Morgan fingerprint density at radius 3 is 3.00 bits per heavy atom. The molecule has 2 aromatic heterocycles. The third-order valence-electron chi connectivity index (χ3n) is 4.71. The van der Waals surface area contributed by atoms with E-state index in [1.165, 1.54) is 0 Å². The summed E-state index contributed by atoms with van der Waals surface area (Å²) >= 11 is 12.5. The fourth-order valence-corrected chi connectivity index (χ4v) is 3.76. The summed E-state index contributed by atoms with van der Waals surface area (Å²) in [7, 11) is 0. The summed E-state index contributed by atoms with van der Waals surface area (Å²) in [5.74, 6) is 1.19. The van der Waals surface area contributed by atoms with Crippen LogP contribution in [0.5, 0.6) is 0 Å². The lowest BCUT2D eigenvalue weighted by Crippen LogP contribution is -2.41. The van der Waals surface area contributed by atoms with E-state index in [2.05, 4.69) is 10.1 Å². The summed E-state index contributed by atoms with van der Waals surface area (Å²) < 4.78 is 8.88. The fraction of sp³-hybridized carbons (Fsp3) is 0.294. The number of aromatic nitrogens is 5. The number of imidazole rings is 1. The molecular formula is C17H14Cl2N6O2. The van der Waals surface area contributed by atoms with Crippen molar-refractivity contribution in [2.24, 2.45) is 0 Å². The monoisotopic (exact) mass is 404 g/mol. The minimum absolute atomic E-state index is 0.0594. The summed E-state index contributed by atoms with van der Waals surface area (Å²) in [5.41, 5.74) is 2.54. The highest BCUT2D eigenvalue weighted by Gasteiger charge is 2.26. The number of carbonyl (C=O) groups excluding carboxylic acids is 1. The van der Waals surface area contributed by atoms with E-state index in [1.807, 2.05) is 22.8 Å². The Hall–Kier alpha value is -2.42. The van der Waals surface area contributed by atoms with E-state index in [0.29, 0.717) is 48.1 Å². The second-order valence-electron chi connectivity index (χ2n) is 6.39. The van der Waals surface area contributed by atoms with Gasteiger partial charge in [-0.1, -0.05) is 23.2 Å². The van der Waals surface area contributed by atoms with Gasteiger partial charge in [0.2, 0.25) is 5.91 Å². The first-order valence-corrected chi connectivity index (χ1v) is 9.17. The number of halogens is 2.